The number of hydrogen-bond acceptors (Lipinski definition) is 2. The van der Waals surface area contributed by atoms with E-state index < -0.39 is 11.6 Å². The summed E-state index contributed by atoms with van der Waals surface area (Å²) < 4.78 is 32.0. The van der Waals surface area contributed by atoms with E-state index in [2.05, 4.69) is 12.2 Å². The van der Waals surface area contributed by atoms with Crippen molar-refractivity contribution in [2.24, 2.45) is 0 Å². The maximum Gasteiger partial charge on any atom is 0.126 e. The van der Waals surface area contributed by atoms with Gasteiger partial charge in [-0.2, -0.15) is 0 Å². The third-order valence-electron chi connectivity index (χ3n) is 3.17. The van der Waals surface area contributed by atoms with E-state index in [1.807, 2.05) is 31.2 Å². The minimum atomic E-state index is -0.569. The number of anilines is 1. The van der Waals surface area contributed by atoms with Gasteiger partial charge in [0, 0.05) is 24.4 Å². The minimum absolute atomic E-state index is 0.151. The molecule has 2 aromatic carbocycles. The fourth-order valence-electron chi connectivity index (χ4n) is 1.91. The molecular weight excluding hydrogens is 272 g/mol. The number of ether oxygens (including phenoxy) is 1. The number of nitrogens with one attached hydrogen (secondary N) is 1. The van der Waals surface area contributed by atoms with Gasteiger partial charge in [0.1, 0.15) is 17.4 Å². The Kier molecular flexibility index (Phi) is 5.14. The third kappa shape index (κ3) is 4.74. The zero-order chi connectivity index (χ0) is 15.2. The van der Waals surface area contributed by atoms with Crippen LogP contribution in [-0.4, -0.2) is 6.10 Å². The van der Waals surface area contributed by atoms with Crippen molar-refractivity contribution < 1.29 is 13.5 Å². The molecule has 2 aromatic rings. The fourth-order valence-corrected chi connectivity index (χ4v) is 1.91. The number of halogens is 2. The molecule has 0 aliphatic carbocycles. The molecule has 1 unspecified atom stereocenters. The summed E-state index contributed by atoms with van der Waals surface area (Å²) in [7, 11) is 0. The summed E-state index contributed by atoms with van der Waals surface area (Å²) >= 11 is 0. The highest BCUT2D eigenvalue weighted by Gasteiger charge is 2.03. The fraction of sp³-hybridized carbons (Fsp3) is 0.294. The van der Waals surface area contributed by atoms with Crippen LogP contribution in [0, 0.1) is 11.6 Å². The van der Waals surface area contributed by atoms with Crippen LogP contribution in [0.2, 0.25) is 0 Å². The Morgan fingerprint density at radius 1 is 1.10 bits per heavy atom. The first-order chi connectivity index (χ1) is 10.1. The van der Waals surface area contributed by atoms with Crippen LogP contribution in [0.5, 0.6) is 5.75 Å². The summed E-state index contributed by atoms with van der Waals surface area (Å²) in [6, 6.07) is 11.0. The van der Waals surface area contributed by atoms with E-state index in [1.54, 1.807) is 0 Å². The van der Waals surface area contributed by atoms with Gasteiger partial charge < -0.3 is 10.1 Å². The molecule has 112 valence electrons. The largest absolute Gasteiger partial charge is 0.491 e. The predicted octanol–water partition coefficient (Wildman–Crippen LogP) is 4.75. The van der Waals surface area contributed by atoms with Crippen LogP contribution in [0.3, 0.4) is 0 Å². The van der Waals surface area contributed by atoms with Crippen LogP contribution in [0.15, 0.2) is 42.5 Å². The van der Waals surface area contributed by atoms with Gasteiger partial charge in [-0.15, -0.1) is 0 Å². The van der Waals surface area contributed by atoms with Crippen LogP contribution < -0.4 is 10.1 Å². The molecule has 2 nitrogen and oxygen atoms in total. The molecule has 0 spiro atoms. The van der Waals surface area contributed by atoms with Crippen LogP contribution in [0.25, 0.3) is 0 Å². The molecule has 0 radical (unpaired) electrons. The quantitative estimate of drug-likeness (QED) is 0.829. The average Bonchev–Trinajstić information content (AvgIpc) is 2.44. The van der Waals surface area contributed by atoms with Crippen molar-refractivity contribution in [3.05, 3.63) is 59.7 Å². The zero-order valence-electron chi connectivity index (χ0n) is 12.2. The van der Waals surface area contributed by atoms with Crippen molar-refractivity contribution >= 4 is 5.69 Å². The molecule has 0 bridgehead atoms. The topological polar surface area (TPSA) is 21.3 Å². The average molecular weight is 291 g/mol. The number of rotatable bonds is 6. The monoisotopic (exact) mass is 291 g/mol. The predicted molar refractivity (Wildman–Crippen MR) is 80.5 cm³/mol. The molecule has 0 amide bonds. The van der Waals surface area contributed by atoms with Crippen molar-refractivity contribution in [2.45, 2.75) is 32.9 Å². The first kappa shape index (κ1) is 15.3. The second kappa shape index (κ2) is 7.07. The minimum Gasteiger partial charge on any atom is -0.491 e. The van der Waals surface area contributed by atoms with Gasteiger partial charge in [-0.05, 0) is 43.2 Å². The molecule has 0 saturated heterocycles. The maximum absolute atomic E-state index is 13.1. The van der Waals surface area contributed by atoms with Crippen molar-refractivity contribution in [1.82, 2.24) is 0 Å². The Hall–Kier alpha value is -2.10. The van der Waals surface area contributed by atoms with E-state index in [4.69, 9.17) is 4.74 Å². The highest BCUT2D eigenvalue weighted by Crippen LogP contribution is 2.20. The van der Waals surface area contributed by atoms with Gasteiger partial charge in [-0.3, -0.25) is 0 Å². The number of benzene rings is 2. The van der Waals surface area contributed by atoms with Gasteiger partial charge in [0.15, 0.2) is 0 Å². The first-order valence-corrected chi connectivity index (χ1v) is 7.02. The molecule has 0 fully saturated rings. The smallest absolute Gasteiger partial charge is 0.126 e. The molecule has 1 atom stereocenters. The van der Waals surface area contributed by atoms with Gasteiger partial charge in [-0.25, -0.2) is 8.78 Å². The molecule has 0 aliphatic rings. The SMILES string of the molecule is CCC(C)Oc1cccc(NCc2cc(F)cc(F)c2)c1. The second-order valence-corrected chi connectivity index (χ2v) is 5.00. The Bertz CT molecular complexity index is 581. The van der Waals surface area contributed by atoms with E-state index in [9.17, 15) is 8.78 Å². The van der Waals surface area contributed by atoms with E-state index in [0.717, 1.165) is 23.9 Å². The summed E-state index contributed by atoms with van der Waals surface area (Å²) in [6.07, 6.45) is 1.08. The van der Waals surface area contributed by atoms with Crippen LogP contribution in [0.4, 0.5) is 14.5 Å². The highest BCUT2D eigenvalue weighted by molar-refractivity contribution is 5.48. The lowest BCUT2D eigenvalue weighted by atomic mass is 10.2. The summed E-state index contributed by atoms with van der Waals surface area (Å²) in [6.45, 7) is 4.42. The van der Waals surface area contributed by atoms with Gasteiger partial charge in [0.25, 0.3) is 0 Å². The van der Waals surface area contributed by atoms with Crippen molar-refractivity contribution in [3.63, 3.8) is 0 Å². The summed E-state index contributed by atoms with van der Waals surface area (Å²) in [5.74, 6) is -0.360. The van der Waals surface area contributed by atoms with Crippen molar-refractivity contribution in [3.8, 4) is 5.75 Å². The molecule has 1 N–H and O–H groups in total. The Morgan fingerprint density at radius 3 is 2.48 bits per heavy atom. The molecule has 4 heteroatoms. The van der Waals surface area contributed by atoms with Gasteiger partial charge in [-0.1, -0.05) is 13.0 Å². The molecule has 0 heterocycles. The van der Waals surface area contributed by atoms with Crippen LogP contribution in [-0.2, 0) is 6.54 Å². The molecule has 0 aromatic heterocycles. The summed E-state index contributed by atoms with van der Waals surface area (Å²) in [4.78, 5) is 0. The molecule has 0 saturated carbocycles. The lowest BCUT2D eigenvalue weighted by Gasteiger charge is -2.14. The van der Waals surface area contributed by atoms with E-state index in [-0.39, 0.29) is 6.10 Å². The lowest BCUT2D eigenvalue weighted by Crippen LogP contribution is -2.09. The second-order valence-electron chi connectivity index (χ2n) is 5.00. The van der Waals surface area contributed by atoms with Gasteiger partial charge in [0.2, 0.25) is 0 Å². The first-order valence-electron chi connectivity index (χ1n) is 7.02. The third-order valence-corrected chi connectivity index (χ3v) is 3.17. The standard InChI is InChI=1S/C17H19F2NO/c1-3-12(2)21-17-6-4-5-16(10-17)20-11-13-7-14(18)9-15(19)8-13/h4-10,12,20H,3,11H2,1-2H3. The van der Waals surface area contributed by atoms with Gasteiger partial charge in [0.05, 0.1) is 6.10 Å². The van der Waals surface area contributed by atoms with E-state index in [1.165, 1.54) is 12.1 Å². The van der Waals surface area contributed by atoms with Crippen LogP contribution >= 0.6 is 0 Å². The van der Waals surface area contributed by atoms with Gasteiger partial charge >= 0.3 is 0 Å². The lowest BCUT2D eigenvalue weighted by molar-refractivity contribution is 0.217. The summed E-state index contributed by atoms with van der Waals surface area (Å²) in [5, 5.41) is 3.13. The van der Waals surface area contributed by atoms with Crippen molar-refractivity contribution in [2.75, 3.05) is 5.32 Å². The van der Waals surface area contributed by atoms with E-state index >= 15 is 0 Å². The highest BCUT2D eigenvalue weighted by atomic mass is 19.1. The normalized spacial score (nSPS) is 12.0. The van der Waals surface area contributed by atoms with E-state index in [0.29, 0.717) is 12.1 Å². The summed E-state index contributed by atoms with van der Waals surface area (Å²) in [5.41, 5.74) is 1.40. The maximum atomic E-state index is 13.1. The Morgan fingerprint density at radius 2 is 1.81 bits per heavy atom. The van der Waals surface area contributed by atoms with Crippen LogP contribution in [0.1, 0.15) is 25.8 Å². The zero-order valence-corrected chi connectivity index (χ0v) is 12.2. The molecular formula is C17H19F2NO. The Balaban J connectivity index is 2.01. The molecule has 2 rings (SSSR count). The van der Waals surface area contributed by atoms with Crippen molar-refractivity contribution in [1.29, 1.82) is 0 Å². The Labute approximate surface area is 123 Å². The molecule has 0 aliphatic heterocycles. The molecule has 21 heavy (non-hydrogen) atoms. The number of hydrogen-bond donors (Lipinski definition) is 1.